The summed E-state index contributed by atoms with van der Waals surface area (Å²) in [7, 11) is -2.82. The normalized spacial score (nSPS) is 12.1. The van der Waals surface area contributed by atoms with Gasteiger partial charge >= 0.3 is 5.97 Å². The predicted octanol–water partition coefficient (Wildman–Crippen LogP) is 1.03. The Kier molecular flexibility index (Phi) is 6.00. The summed E-state index contributed by atoms with van der Waals surface area (Å²) in [6.07, 6.45) is -1.38. The number of benzene rings is 1. The molecule has 0 aliphatic heterocycles. The SMILES string of the molecule is COc1ccc(NC(=O)C(C)OC(=O)c2ccc(S(N)(=O)=O)o2)c([N+](=O)[O-])c1. The Bertz CT molecular complexity index is 1030. The zero-order chi connectivity index (χ0) is 21.1. The molecule has 3 N–H and O–H groups in total. The monoisotopic (exact) mass is 413 g/mol. The van der Waals surface area contributed by atoms with E-state index in [1.54, 1.807) is 0 Å². The van der Waals surface area contributed by atoms with Crippen molar-refractivity contribution in [1.82, 2.24) is 0 Å². The molecule has 1 atom stereocenters. The highest BCUT2D eigenvalue weighted by Crippen LogP contribution is 2.29. The number of carbonyl (C=O) groups is 2. The van der Waals surface area contributed by atoms with Crippen molar-refractivity contribution in [2.75, 3.05) is 12.4 Å². The van der Waals surface area contributed by atoms with Crippen molar-refractivity contribution in [1.29, 1.82) is 0 Å². The van der Waals surface area contributed by atoms with Crippen LogP contribution >= 0.6 is 0 Å². The van der Waals surface area contributed by atoms with E-state index in [2.05, 4.69) is 5.32 Å². The quantitative estimate of drug-likeness (QED) is 0.380. The van der Waals surface area contributed by atoms with Crippen LogP contribution in [0.4, 0.5) is 11.4 Å². The number of nitro groups is 1. The van der Waals surface area contributed by atoms with Gasteiger partial charge in [-0.1, -0.05) is 0 Å². The molecule has 0 saturated carbocycles. The number of carbonyl (C=O) groups excluding carboxylic acids is 2. The minimum atomic E-state index is -4.15. The van der Waals surface area contributed by atoms with Gasteiger partial charge in [0, 0.05) is 0 Å². The van der Waals surface area contributed by atoms with Crippen LogP contribution in [0.2, 0.25) is 0 Å². The molecule has 0 saturated heterocycles. The second-order valence-electron chi connectivity index (χ2n) is 5.34. The van der Waals surface area contributed by atoms with Gasteiger partial charge in [0.2, 0.25) is 10.9 Å². The van der Waals surface area contributed by atoms with Crippen molar-refractivity contribution in [2.45, 2.75) is 18.1 Å². The average Bonchev–Trinajstić information content (AvgIpc) is 3.12. The van der Waals surface area contributed by atoms with Crippen LogP contribution in [0.5, 0.6) is 5.75 Å². The molecule has 28 heavy (non-hydrogen) atoms. The first kappa shape index (κ1) is 20.9. The Labute approximate surface area is 158 Å². The van der Waals surface area contributed by atoms with Gasteiger partial charge in [0.05, 0.1) is 18.1 Å². The zero-order valence-corrected chi connectivity index (χ0v) is 15.4. The highest BCUT2D eigenvalue weighted by atomic mass is 32.2. The number of amides is 1. The number of primary sulfonamides is 1. The minimum Gasteiger partial charge on any atom is -0.496 e. The molecule has 1 heterocycles. The van der Waals surface area contributed by atoms with Crippen LogP contribution in [-0.2, 0) is 19.6 Å². The fourth-order valence-electron chi connectivity index (χ4n) is 1.98. The topological polar surface area (TPSA) is 181 Å². The Morgan fingerprint density at radius 3 is 2.50 bits per heavy atom. The van der Waals surface area contributed by atoms with Crippen LogP contribution in [0.25, 0.3) is 0 Å². The number of nitrogens with two attached hydrogens (primary N) is 1. The highest BCUT2D eigenvalue weighted by molar-refractivity contribution is 7.89. The van der Waals surface area contributed by atoms with E-state index in [0.29, 0.717) is 0 Å². The molecule has 0 fully saturated rings. The highest BCUT2D eigenvalue weighted by Gasteiger charge is 2.25. The molecule has 1 amide bonds. The lowest BCUT2D eigenvalue weighted by molar-refractivity contribution is -0.384. The van der Waals surface area contributed by atoms with Crippen LogP contribution < -0.4 is 15.2 Å². The molecule has 0 aliphatic carbocycles. The number of hydrogen-bond acceptors (Lipinski definition) is 9. The molecule has 0 aliphatic rings. The van der Waals surface area contributed by atoms with Crippen molar-refractivity contribution < 1.29 is 36.8 Å². The number of furan rings is 1. The Hall–Kier alpha value is -3.45. The number of anilines is 1. The van der Waals surface area contributed by atoms with Gasteiger partial charge in [-0.05, 0) is 31.2 Å². The van der Waals surface area contributed by atoms with E-state index in [-0.39, 0.29) is 11.4 Å². The van der Waals surface area contributed by atoms with Crippen molar-refractivity contribution in [3.05, 3.63) is 46.2 Å². The molecule has 1 aromatic carbocycles. The molecule has 150 valence electrons. The lowest BCUT2D eigenvalue weighted by Gasteiger charge is -2.13. The first-order chi connectivity index (χ1) is 13.0. The fourth-order valence-corrected chi connectivity index (χ4v) is 2.45. The number of esters is 1. The third kappa shape index (κ3) is 4.83. The summed E-state index contributed by atoms with van der Waals surface area (Å²) in [5, 5.41) is 17.6. The van der Waals surface area contributed by atoms with E-state index >= 15 is 0 Å². The van der Waals surface area contributed by atoms with E-state index in [1.807, 2.05) is 0 Å². The van der Waals surface area contributed by atoms with Gasteiger partial charge in [-0.15, -0.1) is 0 Å². The Morgan fingerprint density at radius 1 is 1.29 bits per heavy atom. The van der Waals surface area contributed by atoms with Crippen molar-refractivity contribution in [3.8, 4) is 5.75 Å². The maximum absolute atomic E-state index is 12.2. The average molecular weight is 413 g/mol. The molecule has 0 radical (unpaired) electrons. The van der Waals surface area contributed by atoms with Gasteiger partial charge in [-0.2, -0.15) is 0 Å². The lowest BCUT2D eigenvalue weighted by Crippen LogP contribution is -2.30. The molecular formula is C15H15N3O9S. The van der Waals surface area contributed by atoms with Gasteiger partial charge in [-0.3, -0.25) is 14.9 Å². The van der Waals surface area contributed by atoms with Crippen LogP contribution in [0, 0.1) is 10.1 Å². The lowest BCUT2D eigenvalue weighted by atomic mass is 10.2. The Balaban J connectivity index is 2.10. The number of hydrogen-bond donors (Lipinski definition) is 2. The molecule has 2 aromatic rings. The number of ether oxygens (including phenoxy) is 2. The third-order valence-electron chi connectivity index (χ3n) is 3.38. The second-order valence-corrected chi connectivity index (χ2v) is 6.83. The number of nitro benzene ring substituents is 1. The minimum absolute atomic E-state index is 0.131. The van der Waals surface area contributed by atoms with Gasteiger partial charge in [0.1, 0.15) is 11.4 Å². The number of methoxy groups -OCH3 is 1. The van der Waals surface area contributed by atoms with E-state index in [4.69, 9.17) is 19.0 Å². The van der Waals surface area contributed by atoms with Crippen LogP contribution in [0.15, 0.2) is 39.8 Å². The van der Waals surface area contributed by atoms with E-state index in [0.717, 1.165) is 18.2 Å². The summed E-state index contributed by atoms with van der Waals surface area (Å²) in [4.78, 5) is 34.6. The first-order valence-corrected chi connectivity index (χ1v) is 9.04. The maximum Gasteiger partial charge on any atom is 0.375 e. The van der Waals surface area contributed by atoms with E-state index in [9.17, 15) is 28.1 Å². The summed E-state index contributed by atoms with van der Waals surface area (Å²) in [5.74, 6) is -2.26. The molecular weight excluding hydrogens is 398 g/mol. The van der Waals surface area contributed by atoms with Crippen molar-refractivity contribution in [3.63, 3.8) is 0 Å². The third-order valence-corrected chi connectivity index (χ3v) is 4.16. The standard InChI is InChI=1S/C15H15N3O9S/c1-8(26-15(20)12-5-6-13(27-12)28(16,23)24)14(19)17-10-4-3-9(25-2)7-11(10)18(21)22/h3-8H,1-2H3,(H,17,19)(H2,16,23,24). The summed E-state index contributed by atoms with van der Waals surface area (Å²) >= 11 is 0. The van der Waals surface area contributed by atoms with E-state index < -0.39 is 49.5 Å². The first-order valence-electron chi connectivity index (χ1n) is 7.50. The maximum atomic E-state index is 12.2. The van der Waals surface area contributed by atoms with Gasteiger partial charge in [0.15, 0.2) is 6.10 Å². The van der Waals surface area contributed by atoms with Gasteiger partial charge in [-0.25, -0.2) is 18.4 Å². The van der Waals surface area contributed by atoms with Crippen molar-refractivity contribution in [2.24, 2.45) is 5.14 Å². The van der Waals surface area contributed by atoms with E-state index in [1.165, 1.54) is 26.2 Å². The second kappa shape index (κ2) is 8.06. The molecule has 12 nitrogen and oxygen atoms in total. The Morgan fingerprint density at radius 2 is 1.96 bits per heavy atom. The fraction of sp³-hybridized carbons (Fsp3) is 0.200. The van der Waals surface area contributed by atoms with Crippen LogP contribution in [0.1, 0.15) is 17.5 Å². The molecule has 1 aromatic heterocycles. The van der Waals surface area contributed by atoms with Crippen LogP contribution in [0.3, 0.4) is 0 Å². The zero-order valence-electron chi connectivity index (χ0n) is 14.6. The smallest absolute Gasteiger partial charge is 0.375 e. The molecule has 0 spiro atoms. The molecule has 13 heteroatoms. The van der Waals surface area contributed by atoms with Gasteiger partial charge in [0.25, 0.3) is 21.6 Å². The number of rotatable bonds is 7. The number of sulfonamides is 1. The molecule has 0 bridgehead atoms. The molecule has 2 rings (SSSR count). The largest absolute Gasteiger partial charge is 0.496 e. The summed E-state index contributed by atoms with van der Waals surface area (Å²) in [5.41, 5.74) is -0.553. The summed E-state index contributed by atoms with van der Waals surface area (Å²) < 4.78 is 36.8. The number of nitrogens with zero attached hydrogens (tertiary/aromatic N) is 1. The molecule has 1 unspecified atom stereocenters. The summed E-state index contributed by atoms with van der Waals surface area (Å²) in [6, 6.07) is 5.74. The number of nitrogens with one attached hydrogen (secondary N) is 1. The van der Waals surface area contributed by atoms with Crippen LogP contribution in [-0.4, -0.2) is 38.4 Å². The van der Waals surface area contributed by atoms with Crippen molar-refractivity contribution >= 4 is 33.3 Å². The summed E-state index contributed by atoms with van der Waals surface area (Å²) in [6.45, 7) is 1.21. The van der Waals surface area contributed by atoms with Gasteiger partial charge < -0.3 is 19.2 Å². The predicted molar refractivity (Wildman–Crippen MR) is 93.2 cm³/mol.